The molecule has 21 heavy (non-hydrogen) atoms. The molecule has 0 aromatic heterocycles. The molecule has 0 atom stereocenters. The summed E-state index contributed by atoms with van der Waals surface area (Å²) < 4.78 is 5.76. The van der Waals surface area contributed by atoms with E-state index in [1.54, 1.807) is 12.1 Å². The molecule has 0 aliphatic rings. The van der Waals surface area contributed by atoms with Gasteiger partial charge in [0.15, 0.2) is 0 Å². The molecule has 0 unspecified atom stereocenters. The Morgan fingerprint density at radius 2 is 2.10 bits per heavy atom. The molecule has 0 aliphatic carbocycles. The SMILES string of the molecule is CCSCCOc1ccc([N+](=O)[O-])cc1CNC(C)(C)C. The molecule has 0 heterocycles. The molecule has 0 amide bonds. The Hall–Kier alpha value is -1.27. The quantitative estimate of drug-likeness (QED) is 0.451. The zero-order valence-corrected chi connectivity index (χ0v) is 14.0. The number of hydrogen-bond donors (Lipinski definition) is 1. The van der Waals surface area contributed by atoms with Gasteiger partial charge >= 0.3 is 0 Å². The van der Waals surface area contributed by atoms with E-state index in [4.69, 9.17) is 4.74 Å². The van der Waals surface area contributed by atoms with Crippen LogP contribution in [0.4, 0.5) is 5.69 Å². The van der Waals surface area contributed by atoms with E-state index in [2.05, 4.69) is 33.0 Å². The maximum atomic E-state index is 10.9. The maximum Gasteiger partial charge on any atom is 0.270 e. The van der Waals surface area contributed by atoms with Crippen molar-refractivity contribution in [1.29, 1.82) is 0 Å². The Morgan fingerprint density at radius 1 is 1.38 bits per heavy atom. The molecule has 0 fully saturated rings. The van der Waals surface area contributed by atoms with Crippen LogP contribution in [0.25, 0.3) is 0 Å². The van der Waals surface area contributed by atoms with E-state index >= 15 is 0 Å². The van der Waals surface area contributed by atoms with Crippen LogP contribution in [0.15, 0.2) is 18.2 Å². The standard InChI is InChI=1S/C15H24N2O3S/c1-5-21-9-8-20-14-7-6-13(17(18)19)10-12(14)11-16-15(2,3)4/h6-7,10,16H,5,8-9,11H2,1-4H3. The minimum Gasteiger partial charge on any atom is -0.492 e. The van der Waals surface area contributed by atoms with Gasteiger partial charge in [0.05, 0.1) is 11.5 Å². The third-order valence-corrected chi connectivity index (χ3v) is 3.62. The Bertz CT molecular complexity index is 472. The summed E-state index contributed by atoms with van der Waals surface area (Å²) in [5.74, 6) is 2.69. The Balaban J connectivity index is 2.81. The van der Waals surface area contributed by atoms with Crippen LogP contribution < -0.4 is 10.1 Å². The van der Waals surface area contributed by atoms with Crippen molar-refractivity contribution >= 4 is 17.4 Å². The van der Waals surface area contributed by atoms with Crippen molar-refractivity contribution < 1.29 is 9.66 Å². The molecule has 0 saturated heterocycles. The van der Waals surface area contributed by atoms with Crippen LogP contribution in [0, 0.1) is 10.1 Å². The first-order valence-corrected chi connectivity index (χ1v) is 8.22. The van der Waals surface area contributed by atoms with Crippen molar-refractivity contribution in [3.05, 3.63) is 33.9 Å². The molecule has 1 rings (SSSR count). The Labute approximate surface area is 130 Å². The van der Waals surface area contributed by atoms with Gasteiger partial charge in [-0.15, -0.1) is 0 Å². The first-order chi connectivity index (χ1) is 9.83. The fourth-order valence-corrected chi connectivity index (χ4v) is 2.16. The molecular formula is C15H24N2O3S. The van der Waals surface area contributed by atoms with E-state index in [1.165, 1.54) is 6.07 Å². The number of rotatable bonds is 8. The Morgan fingerprint density at radius 3 is 2.67 bits per heavy atom. The summed E-state index contributed by atoms with van der Waals surface area (Å²) in [6, 6.07) is 4.76. The molecule has 5 nitrogen and oxygen atoms in total. The van der Waals surface area contributed by atoms with Gasteiger partial charge in [-0.2, -0.15) is 11.8 Å². The van der Waals surface area contributed by atoms with E-state index in [-0.39, 0.29) is 16.1 Å². The number of non-ortho nitro benzene ring substituents is 1. The third kappa shape index (κ3) is 6.82. The summed E-state index contributed by atoms with van der Waals surface area (Å²) in [5, 5.41) is 14.2. The van der Waals surface area contributed by atoms with Gasteiger partial charge in [0.1, 0.15) is 5.75 Å². The van der Waals surface area contributed by atoms with Crippen molar-refractivity contribution in [3.8, 4) is 5.75 Å². The summed E-state index contributed by atoms with van der Waals surface area (Å²) in [6.07, 6.45) is 0. The third-order valence-electron chi connectivity index (χ3n) is 2.75. The highest BCUT2D eigenvalue weighted by Gasteiger charge is 2.15. The first-order valence-electron chi connectivity index (χ1n) is 7.06. The lowest BCUT2D eigenvalue weighted by Crippen LogP contribution is -2.35. The lowest BCUT2D eigenvalue weighted by Gasteiger charge is -2.21. The summed E-state index contributed by atoms with van der Waals surface area (Å²) in [4.78, 5) is 10.5. The highest BCUT2D eigenvalue weighted by molar-refractivity contribution is 7.99. The second-order valence-electron chi connectivity index (χ2n) is 5.70. The van der Waals surface area contributed by atoms with Crippen LogP contribution in [-0.4, -0.2) is 28.6 Å². The number of nitro groups is 1. The van der Waals surface area contributed by atoms with Gasteiger partial charge in [-0.3, -0.25) is 10.1 Å². The Kier molecular flexibility index (Phi) is 6.98. The van der Waals surface area contributed by atoms with Gasteiger partial charge in [-0.05, 0) is 32.6 Å². The van der Waals surface area contributed by atoms with Gasteiger partial charge in [-0.1, -0.05) is 6.92 Å². The van der Waals surface area contributed by atoms with Crippen LogP contribution in [-0.2, 0) is 6.54 Å². The second kappa shape index (κ2) is 8.24. The number of nitrogens with zero attached hydrogens (tertiary/aromatic N) is 1. The van der Waals surface area contributed by atoms with Crippen LogP contribution in [0.5, 0.6) is 5.75 Å². The molecule has 0 bridgehead atoms. The summed E-state index contributed by atoms with van der Waals surface area (Å²) in [7, 11) is 0. The van der Waals surface area contributed by atoms with Crippen LogP contribution in [0.2, 0.25) is 0 Å². The highest BCUT2D eigenvalue weighted by atomic mass is 32.2. The summed E-state index contributed by atoms with van der Waals surface area (Å²) in [5.41, 5.74) is 0.858. The molecule has 1 N–H and O–H groups in total. The molecule has 6 heteroatoms. The van der Waals surface area contributed by atoms with E-state index in [0.29, 0.717) is 18.9 Å². The van der Waals surface area contributed by atoms with Crippen molar-refractivity contribution in [2.45, 2.75) is 39.8 Å². The second-order valence-corrected chi connectivity index (χ2v) is 7.09. The van der Waals surface area contributed by atoms with Gasteiger partial charge in [0.25, 0.3) is 5.69 Å². The fourth-order valence-electron chi connectivity index (χ4n) is 1.67. The topological polar surface area (TPSA) is 64.4 Å². The zero-order valence-electron chi connectivity index (χ0n) is 13.1. The number of nitro benzene ring substituents is 1. The largest absolute Gasteiger partial charge is 0.492 e. The summed E-state index contributed by atoms with van der Waals surface area (Å²) >= 11 is 1.81. The van der Waals surface area contributed by atoms with Crippen molar-refractivity contribution in [3.63, 3.8) is 0 Å². The lowest BCUT2D eigenvalue weighted by molar-refractivity contribution is -0.384. The van der Waals surface area contributed by atoms with Gasteiger partial charge in [0, 0.05) is 35.5 Å². The summed E-state index contributed by atoms with van der Waals surface area (Å²) in [6.45, 7) is 9.43. The van der Waals surface area contributed by atoms with Crippen molar-refractivity contribution in [1.82, 2.24) is 5.32 Å². The normalized spacial score (nSPS) is 11.4. The molecule has 0 radical (unpaired) electrons. The number of thioether (sulfide) groups is 1. The first kappa shape index (κ1) is 17.8. The molecule has 1 aromatic rings. The average Bonchev–Trinajstić information content (AvgIpc) is 2.41. The zero-order chi connectivity index (χ0) is 15.9. The van der Waals surface area contributed by atoms with Crippen LogP contribution >= 0.6 is 11.8 Å². The predicted octanol–water partition coefficient (Wildman–Crippen LogP) is 3.61. The minimum absolute atomic E-state index is 0.0556. The monoisotopic (exact) mass is 312 g/mol. The number of hydrogen-bond acceptors (Lipinski definition) is 5. The average molecular weight is 312 g/mol. The highest BCUT2D eigenvalue weighted by Crippen LogP contribution is 2.25. The molecule has 0 saturated carbocycles. The van der Waals surface area contributed by atoms with Gasteiger partial charge < -0.3 is 10.1 Å². The molecule has 118 valence electrons. The van der Waals surface area contributed by atoms with Crippen molar-refractivity contribution in [2.75, 3.05) is 18.1 Å². The minimum atomic E-state index is -0.378. The number of benzene rings is 1. The number of nitrogens with one attached hydrogen (secondary N) is 1. The molecule has 1 aromatic carbocycles. The van der Waals surface area contributed by atoms with Crippen LogP contribution in [0.3, 0.4) is 0 Å². The number of ether oxygens (including phenoxy) is 1. The van der Waals surface area contributed by atoms with Crippen LogP contribution in [0.1, 0.15) is 33.3 Å². The molecule has 0 aliphatic heterocycles. The van der Waals surface area contributed by atoms with E-state index < -0.39 is 0 Å². The van der Waals surface area contributed by atoms with Crippen molar-refractivity contribution in [2.24, 2.45) is 0 Å². The molecular weight excluding hydrogens is 288 g/mol. The van der Waals surface area contributed by atoms with Gasteiger partial charge in [0.2, 0.25) is 0 Å². The van der Waals surface area contributed by atoms with E-state index in [1.807, 2.05) is 11.8 Å². The fraction of sp³-hybridized carbons (Fsp3) is 0.600. The molecule has 0 spiro atoms. The predicted molar refractivity (Wildman–Crippen MR) is 88.2 cm³/mol. The smallest absolute Gasteiger partial charge is 0.270 e. The maximum absolute atomic E-state index is 10.9. The van der Waals surface area contributed by atoms with Gasteiger partial charge in [-0.25, -0.2) is 0 Å². The van der Waals surface area contributed by atoms with E-state index in [0.717, 1.165) is 17.1 Å². The van der Waals surface area contributed by atoms with E-state index in [9.17, 15) is 10.1 Å². The lowest BCUT2D eigenvalue weighted by atomic mass is 10.1.